The van der Waals surface area contributed by atoms with Gasteiger partial charge in [0.2, 0.25) is 0 Å². The van der Waals surface area contributed by atoms with E-state index < -0.39 is 0 Å². The van der Waals surface area contributed by atoms with Crippen LogP contribution in [0.5, 0.6) is 0 Å². The van der Waals surface area contributed by atoms with Gasteiger partial charge in [-0.25, -0.2) is 4.98 Å². The summed E-state index contributed by atoms with van der Waals surface area (Å²) in [6, 6.07) is 0. The number of unbranched alkanes of at least 4 members (excludes halogenated alkanes) is 1. The molecule has 1 heterocycles. The van der Waals surface area contributed by atoms with Gasteiger partial charge in [-0.2, -0.15) is 0 Å². The SMILES string of the molecule is CCCCc1cnc[nH]1.O.O.O.O.O.O.O.[V].[V].[V]. The second-order valence-electron chi connectivity index (χ2n) is 2.18. The van der Waals surface area contributed by atoms with E-state index >= 15 is 0 Å². The Labute approximate surface area is 148 Å². The van der Waals surface area contributed by atoms with Gasteiger partial charge in [0.15, 0.2) is 0 Å². The van der Waals surface area contributed by atoms with E-state index in [-0.39, 0.29) is 94.0 Å². The molecular formula is C7H26N2O7V3. The summed E-state index contributed by atoms with van der Waals surface area (Å²) in [6.45, 7) is 2.19. The minimum absolute atomic E-state index is 0. The normalized spacial score (nSPS) is 4.68. The zero-order valence-electron chi connectivity index (χ0n) is 10.6. The molecule has 0 aliphatic carbocycles. The first-order chi connectivity index (χ1) is 4.43. The molecule has 15 N–H and O–H groups in total. The zero-order chi connectivity index (χ0) is 6.53. The molecule has 0 bridgehead atoms. The summed E-state index contributed by atoms with van der Waals surface area (Å²) in [5.74, 6) is 0. The summed E-state index contributed by atoms with van der Waals surface area (Å²) < 4.78 is 0. The first kappa shape index (κ1) is 73.3. The van der Waals surface area contributed by atoms with E-state index in [1.54, 1.807) is 6.33 Å². The second kappa shape index (κ2) is 51.2. The van der Waals surface area contributed by atoms with Gasteiger partial charge in [-0.1, -0.05) is 13.3 Å². The quantitative estimate of drug-likeness (QED) is 0.520. The average molecular weight is 403 g/mol. The van der Waals surface area contributed by atoms with Crippen molar-refractivity contribution in [2.24, 2.45) is 0 Å². The van der Waals surface area contributed by atoms with Crippen LogP contribution >= 0.6 is 0 Å². The molecule has 0 unspecified atom stereocenters. The number of H-pyrrole nitrogens is 1. The number of hydrogen-bond donors (Lipinski definition) is 1. The monoisotopic (exact) mass is 403 g/mol. The molecule has 1 rings (SSSR count). The van der Waals surface area contributed by atoms with E-state index in [9.17, 15) is 0 Å². The fraction of sp³-hybridized carbons (Fsp3) is 0.571. The minimum Gasteiger partial charge on any atom is -0.412 e. The Kier molecular flexibility index (Phi) is 197. The summed E-state index contributed by atoms with van der Waals surface area (Å²) in [6.07, 6.45) is 7.25. The minimum atomic E-state index is 0. The summed E-state index contributed by atoms with van der Waals surface area (Å²) >= 11 is 0. The van der Waals surface area contributed by atoms with Crippen molar-refractivity contribution < 1.29 is 94.0 Å². The van der Waals surface area contributed by atoms with Gasteiger partial charge in [0, 0.05) is 67.6 Å². The number of aromatic amines is 1. The van der Waals surface area contributed by atoms with Crippen LogP contribution in [0, 0.1) is 0 Å². The van der Waals surface area contributed by atoms with E-state index in [1.807, 2.05) is 6.20 Å². The van der Waals surface area contributed by atoms with Crippen LogP contribution in [0.15, 0.2) is 12.5 Å². The Balaban J connectivity index is -0.0000000101. The van der Waals surface area contributed by atoms with Gasteiger partial charge in [-0.3, -0.25) is 0 Å². The molecule has 121 valence electrons. The summed E-state index contributed by atoms with van der Waals surface area (Å²) in [7, 11) is 0. The molecule has 0 aliphatic heterocycles. The maximum atomic E-state index is 3.92. The summed E-state index contributed by atoms with van der Waals surface area (Å²) in [5.41, 5.74) is 1.25. The summed E-state index contributed by atoms with van der Waals surface area (Å²) in [4.78, 5) is 6.98. The first-order valence-electron chi connectivity index (χ1n) is 3.40. The van der Waals surface area contributed by atoms with Crippen molar-refractivity contribution in [3.63, 3.8) is 0 Å². The predicted octanol–water partition coefficient (Wildman–Crippen LogP) is -4.03. The fourth-order valence-corrected chi connectivity index (χ4v) is 0.789. The van der Waals surface area contributed by atoms with E-state index in [2.05, 4.69) is 16.9 Å². The number of nitrogens with one attached hydrogen (secondary N) is 1. The topological polar surface area (TPSA) is 249 Å². The van der Waals surface area contributed by atoms with E-state index in [1.165, 1.54) is 18.5 Å². The Hall–Kier alpha value is 0.683. The van der Waals surface area contributed by atoms with Gasteiger partial charge >= 0.3 is 0 Å². The molecule has 1 aromatic heterocycles. The maximum Gasteiger partial charge on any atom is 0.0921 e. The van der Waals surface area contributed by atoms with Gasteiger partial charge in [0.05, 0.1) is 6.33 Å². The standard InChI is InChI=1S/C7H12N2.7H2O.3V/c1-2-3-4-7-5-8-6-9-7;;;;;;;;;;/h5-6H,2-4H2,1H3,(H,8,9);7*1H2;;;. The number of rotatable bonds is 3. The first-order valence-corrected chi connectivity index (χ1v) is 3.40. The van der Waals surface area contributed by atoms with Crippen molar-refractivity contribution in [3.05, 3.63) is 18.2 Å². The van der Waals surface area contributed by atoms with E-state index in [0.29, 0.717) is 0 Å². The predicted molar refractivity (Wildman–Crippen MR) is 62.5 cm³/mol. The van der Waals surface area contributed by atoms with Crippen molar-refractivity contribution in [1.82, 2.24) is 9.97 Å². The zero-order valence-corrected chi connectivity index (χ0v) is 14.8. The van der Waals surface area contributed by atoms with Crippen molar-refractivity contribution >= 4 is 0 Å². The molecule has 0 atom stereocenters. The van der Waals surface area contributed by atoms with Crippen molar-refractivity contribution in [1.29, 1.82) is 0 Å². The van der Waals surface area contributed by atoms with Crippen LogP contribution in [-0.2, 0) is 62.1 Å². The number of aromatic nitrogens is 2. The van der Waals surface area contributed by atoms with Gasteiger partial charge in [0.25, 0.3) is 0 Å². The molecule has 0 fully saturated rings. The van der Waals surface area contributed by atoms with E-state index in [0.717, 1.165) is 6.42 Å². The molecule has 12 heteroatoms. The van der Waals surface area contributed by atoms with Crippen LogP contribution in [0.4, 0.5) is 0 Å². The third-order valence-electron chi connectivity index (χ3n) is 1.35. The molecule has 9 nitrogen and oxygen atoms in total. The average Bonchev–Trinajstić information content (AvgIpc) is 2.34. The Morgan fingerprint density at radius 2 is 1.32 bits per heavy atom. The molecule has 0 amide bonds. The number of nitrogens with zero attached hydrogens (tertiary/aromatic N) is 1. The number of aryl methyl sites for hydroxylation is 1. The fourth-order valence-electron chi connectivity index (χ4n) is 0.789. The van der Waals surface area contributed by atoms with E-state index in [4.69, 9.17) is 0 Å². The van der Waals surface area contributed by atoms with Crippen LogP contribution in [0.2, 0.25) is 0 Å². The van der Waals surface area contributed by atoms with Crippen molar-refractivity contribution in [2.45, 2.75) is 26.2 Å². The molecule has 19 heavy (non-hydrogen) atoms. The third-order valence-corrected chi connectivity index (χ3v) is 1.35. The number of hydrogen-bond acceptors (Lipinski definition) is 1. The number of imidazole rings is 1. The Bertz CT molecular complexity index is 172. The van der Waals surface area contributed by atoms with Gasteiger partial charge in [0.1, 0.15) is 0 Å². The molecule has 0 spiro atoms. The smallest absolute Gasteiger partial charge is 0.0921 e. The van der Waals surface area contributed by atoms with Crippen LogP contribution in [0.3, 0.4) is 0 Å². The van der Waals surface area contributed by atoms with Crippen LogP contribution in [0.25, 0.3) is 0 Å². The van der Waals surface area contributed by atoms with Crippen LogP contribution in [-0.4, -0.2) is 48.3 Å². The van der Waals surface area contributed by atoms with Crippen molar-refractivity contribution in [2.75, 3.05) is 0 Å². The van der Waals surface area contributed by atoms with Crippen LogP contribution in [0.1, 0.15) is 25.5 Å². The molecule has 3 radical (unpaired) electrons. The molecule has 0 saturated carbocycles. The molecule has 0 aromatic carbocycles. The maximum absolute atomic E-state index is 3.92. The molecular weight excluding hydrogens is 377 g/mol. The van der Waals surface area contributed by atoms with Gasteiger partial charge < -0.3 is 43.3 Å². The van der Waals surface area contributed by atoms with Gasteiger partial charge in [-0.05, 0) is 12.8 Å². The molecule has 1 aromatic rings. The second-order valence-corrected chi connectivity index (χ2v) is 2.18. The van der Waals surface area contributed by atoms with Crippen molar-refractivity contribution in [3.8, 4) is 0 Å². The van der Waals surface area contributed by atoms with Gasteiger partial charge in [-0.15, -0.1) is 0 Å². The molecule has 0 saturated heterocycles. The Morgan fingerprint density at radius 3 is 1.58 bits per heavy atom. The summed E-state index contributed by atoms with van der Waals surface area (Å²) in [5, 5.41) is 0. The Morgan fingerprint density at radius 1 is 0.895 bits per heavy atom. The molecule has 0 aliphatic rings. The largest absolute Gasteiger partial charge is 0.412 e. The van der Waals surface area contributed by atoms with Crippen LogP contribution < -0.4 is 0 Å². The third kappa shape index (κ3) is 38.1.